The second kappa shape index (κ2) is 11.0. The summed E-state index contributed by atoms with van der Waals surface area (Å²) in [5.41, 5.74) is 1.53. The van der Waals surface area contributed by atoms with E-state index in [1.54, 1.807) is 5.38 Å². The van der Waals surface area contributed by atoms with Gasteiger partial charge in [-0.25, -0.2) is 9.78 Å². The zero-order valence-electron chi connectivity index (χ0n) is 21.1. The van der Waals surface area contributed by atoms with E-state index in [9.17, 15) is 24.3 Å². The van der Waals surface area contributed by atoms with Crippen molar-refractivity contribution in [3.8, 4) is 0 Å². The third-order valence-corrected chi connectivity index (χ3v) is 8.70. The van der Waals surface area contributed by atoms with E-state index in [4.69, 9.17) is 4.84 Å². The fraction of sp³-hybridized carbons (Fsp3) is 0.375. The monoisotopic (exact) mass is 572 g/mol. The number of hydrogen-bond donors (Lipinski definition) is 3. The molecule has 0 radical (unpaired) electrons. The molecule has 0 aromatic carbocycles. The summed E-state index contributed by atoms with van der Waals surface area (Å²) < 4.78 is 3.78. The Hall–Kier alpha value is -3.98. The topological polar surface area (TPSA) is 159 Å². The lowest BCUT2D eigenvalue weighted by Crippen LogP contribution is -2.71. The highest BCUT2D eigenvalue weighted by Gasteiger charge is 2.54. The average molecular weight is 573 g/mol. The molecule has 2 aromatic heterocycles. The highest BCUT2D eigenvalue weighted by molar-refractivity contribution is 8.00. The highest BCUT2D eigenvalue weighted by atomic mass is 32.2. The third-order valence-electron chi connectivity index (χ3n) is 6.59. The van der Waals surface area contributed by atoms with Crippen LogP contribution in [0.15, 0.2) is 46.2 Å². The number of oxime groups is 1. The Bertz CT molecular complexity index is 1410. The van der Waals surface area contributed by atoms with Gasteiger partial charge in [0, 0.05) is 17.2 Å². The molecule has 3 N–H and O–H groups in total. The Morgan fingerprint density at radius 3 is 2.90 bits per heavy atom. The number of nitrogens with one attached hydrogen (secondary N) is 2. The van der Waals surface area contributed by atoms with Crippen LogP contribution < -0.4 is 15.3 Å². The molecule has 0 spiro atoms. The van der Waals surface area contributed by atoms with Gasteiger partial charge < -0.3 is 20.6 Å². The van der Waals surface area contributed by atoms with Crippen LogP contribution in [-0.4, -0.2) is 72.9 Å². The van der Waals surface area contributed by atoms with E-state index in [0.29, 0.717) is 24.3 Å². The summed E-state index contributed by atoms with van der Waals surface area (Å²) in [5, 5.41) is 20.4. The standard InChI is InChI=1S/C24H25N7O6S2/c1-13-7-8-29(2)30(13)9-14-10-38-22-18(21(34)31(22)19(14)23(35)36)27-20(33)17(28-37-15-5-3-4-6-15)16-11-39-24(26-16)25-12-32/h3,5,7-8,11-12,15,18,22H,4,6,9-10H2,1-2H3,(H2-,25,26,27,32,33,35,36)/p+1/t15?,18-,22-/m1/s1. The van der Waals surface area contributed by atoms with Crippen LogP contribution in [0, 0.1) is 6.92 Å². The predicted molar refractivity (Wildman–Crippen MR) is 142 cm³/mol. The molecule has 2 aliphatic heterocycles. The molecule has 1 unspecified atom stereocenters. The van der Waals surface area contributed by atoms with Crippen molar-refractivity contribution < 1.29 is 33.8 Å². The van der Waals surface area contributed by atoms with Gasteiger partial charge in [-0.15, -0.1) is 27.8 Å². The quantitative estimate of drug-likeness (QED) is 0.0928. The van der Waals surface area contributed by atoms with E-state index >= 15 is 0 Å². The number of allylic oxidation sites excluding steroid dienone is 1. The summed E-state index contributed by atoms with van der Waals surface area (Å²) in [6.45, 7) is 2.24. The third kappa shape index (κ3) is 5.18. The van der Waals surface area contributed by atoms with Gasteiger partial charge in [0.05, 0.1) is 5.69 Å². The number of hydrogen-bond acceptors (Lipinski definition) is 9. The van der Waals surface area contributed by atoms with Gasteiger partial charge in [-0.3, -0.25) is 19.3 Å². The molecule has 0 saturated carbocycles. The average Bonchev–Trinajstić information content (AvgIpc) is 3.67. The van der Waals surface area contributed by atoms with Crippen molar-refractivity contribution in [1.29, 1.82) is 0 Å². The SMILES string of the molecule is Cc1cc[n+](C)n1CC1=C(C(=O)O)N2C(=O)[C@@H](NC(=O)C(=NOC3C=CCC3)c3csc(NC=O)n3)[C@H]2SC1. The Labute approximate surface area is 231 Å². The number of fused-ring (bicyclic) bond motifs is 1. The van der Waals surface area contributed by atoms with Crippen molar-refractivity contribution >= 4 is 58.1 Å². The van der Waals surface area contributed by atoms with Gasteiger partial charge in [0.1, 0.15) is 35.5 Å². The molecule has 0 bridgehead atoms. The van der Waals surface area contributed by atoms with Crippen LogP contribution in [0.3, 0.4) is 0 Å². The van der Waals surface area contributed by atoms with Crippen molar-refractivity contribution in [3.05, 3.63) is 52.5 Å². The Kier molecular flexibility index (Phi) is 7.52. The van der Waals surface area contributed by atoms with Crippen molar-refractivity contribution in [2.45, 2.75) is 43.8 Å². The van der Waals surface area contributed by atoms with Crippen molar-refractivity contribution in [3.63, 3.8) is 0 Å². The number of carbonyl (C=O) groups excluding carboxylic acids is 3. The molecule has 2 aromatic rings. The summed E-state index contributed by atoms with van der Waals surface area (Å²) in [6.07, 6.45) is 7.41. The molecule has 39 heavy (non-hydrogen) atoms. The number of carbonyl (C=O) groups is 4. The van der Waals surface area contributed by atoms with Crippen LogP contribution in [0.2, 0.25) is 0 Å². The van der Waals surface area contributed by atoms with E-state index in [0.717, 1.165) is 29.9 Å². The number of carboxylic acid groups (broad SMARTS) is 1. The van der Waals surface area contributed by atoms with Gasteiger partial charge in [0.2, 0.25) is 6.41 Å². The number of anilines is 1. The van der Waals surface area contributed by atoms with Crippen molar-refractivity contribution in [2.24, 2.45) is 12.2 Å². The predicted octanol–water partition coefficient (Wildman–Crippen LogP) is 0.524. The molecular weight excluding hydrogens is 546 g/mol. The first kappa shape index (κ1) is 26.6. The first-order valence-electron chi connectivity index (χ1n) is 12.1. The van der Waals surface area contributed by atoms with Gasteiger partial charge in [0.25, 0.3) is 11.8 Å². The zero-order valence-corrected chi connectivity index (χ0v) is 22.7. The number of thioether (sulfide) groups is 1. The molecule has 3 atom stereocenters. The normalized spacial score (nSPS) is 22.4. The maximum Gasteiger partial charge on any atom is 0.352 e. The number of amides is 3. The van der Waals surface area contributed by atoms with Crippen molar-refractivity contribution in [1.82, 2.24) is 19.9 Å². The van der Waals surface area contributed by atoms with E-state index in [-0.39, 0.29) is 28.3 Å². The zero-order chi connectivity index (χ0) is 27.7. The molecule has 15 heteroatoms. The number of nitrogens with zero attached hydrogens (tertiary/aromatic N) is 5. The molecule has 1 aliphatic carbocycles. The molecule has 204 valence electrons. The second-order valence-corrected chi connectivity index (χ2v) is 11.1. The minimum atomic E-state index is -1.20. The Morgan fingerprint density at radius 2 is 2.23 bits per heavy atom. The smallest absolute Gasteiger partial charge is 0.352 e. The molecule has 3 amide bonds. The maximum atomic E-state index is 13.3. The summed E-state index contributed by atoms with van der Waals surface area (Å²) in [7, 11) is 1.86. The van der Waals surface area contributed by atoms with Crippen LogP contribution in [0.4, 0.5) is 5.13 Å². The number of thiazole rings is 1. The Morgan fingerprint density at radius 1 is 1.41 bits per heavy atom. The molecular formula is C24H26N7O6S2+. The van der Waals surface area contributed by atoms with Crippen molar-refractivity contribution in [2.75, 3.05) is 11.1 Å². The molecule has 4 heterocycles. The van der Waals surface area contributed by atoms with E-state index in [1.165, 1.54) is 16.7 Å². The number of β-lactam (4-membered cyclic amide) rings is 1. The first-order chi connectivity index (χ1) is 18.8. The van der Waals surface area contributed by atoms with Gasteiger partial charge in [-0.1, -0.05) is 11.2 Å². The fourth-order valence-corrected chi connectivity index (χ4v) is 6.57. The number of aromatic nitrogens is 3. The minimum absolute atomic E-state index is 0.0586. The molecule has 13 nitrogen and oxygen atoms in total. The van der Waals surface area contributed by atoms with E-state index < -0.39 is 29.2 Å². The lowest BCUT2D eigenvalue weighted by Gasteiger charge is -2.49. The molecule has 5 rings (SSSR count). The highest BCUT2D eigenvalue weighted by Crippen LogP contribution is 2.40. The van der Waals surface area contributed by atoms with Crippen LogP contribution in [-0.2, 0) is 37.6 Å². The minimum Gasteiger partial charge on any atom is -0.477 e. The van der Waals surface area contributed by atoms with Crippen LogP contribution in [0.5, 0.6) is 0 Å². The maximum absolute atomic E-state index is 13.3. The largest absolute Gasteiger partial charge is 0.477 e. The van der Waals surface area contributed by atoms with E-state index in [1.807, 2.05) is 47.8 Å². The van der Waals surface area contributed by atoms with Gasteiger partial charge in [0.15, 0.2) is 24.1 Å². The van der Waals surface area contributed by atoms with Crippen LogP contribution in [0.1, 0.15) is 24.2 Å². The first-order valence-corrected chi connectivity index (χ1v) is 14.0. The number of aryl methyl sites for hydroxylation is 2. The number of carboxylic acids is 1. The lowest BCUT2D eigenvalue weighted by molar-refractivity contribution is -0.753. The Balaban J connectivity index is 1.35. The molecule has 1 fully saturated rings. The fourth-order valence-electron chi connectivity index (χ4n) is 4.58. The summed E-state index contributed by atoms with van der Waals surface area (Å²) in [6, 6.07) is 0.970. The van der Waals surface area contributed by atoms with Gasteiger partial charge in [-0.2, -0.15) is 4.68 Å². The summed E-state index contributed by atoms with van der Waals surface area (Å²) >= 11 is 2.49. The van der Waals surface area contributed by atoms with Crippen LogP contribution >= 0.6 is 23.1 Å². The van der Waals surface area contributed by atoms with Gasteiger partial charge in [-0.05, 0) is 31.4 Å². The lowest BCUT2D eigenvalue weighted by atomic mass is 10.0. The molecule has 3 aliphatic rings. The summed E-state index contributed by atoms with van der Waals surface area (Å²) in [5.74, 6) is -2.03. The second-order valence-electron chi connectivity index (χ2n) is 9.10. The number of rotatable bonds is 10. The van der Waals surface area contributed by atoms with Crippen LogP contribution in [0.25, 0.3) is 0 Å². The van der Waals surface area contributed by atoms with E-state index in [2.05, 4.69) is 20.8 Å². The number of aliphatic carboxylic acids is 1. The van der Waals surface area contributed by atoms with Gasteiger partial charge >= 0.3 is 5.97 Å². The molecule has 1 saturated heterocycles. The summed E-state index contributed by atoms with van der Waals surface area (Å²) in [4.78, 5) is 60.5.